The van der Waals surface area contributed by atoms with Gasteiger partial charge in [-0.05, 0) is 42.7 Å². The molecule has 82 valence electrons. The molecule has 0 heterocycles. The highest BCUT2D eigenvalue weighted by Crippen LogP contribution is 2.19. The Bertz CT molecular complexity index is 533. The van der Waals surface area contributed by atoms with Crippen LogP contribution in [0.2, 0.25) is 0 Å². The smallest absolute Gasteiger partial charge is 0.0178 e. The van der Waals surface area contributed by atoms with E-state index >= 15 is 0 Å². The minimum atomic E-state index is 1.12. The van der Waals surface area contributed by atoms with Gasteiger partial charge in [-0.25, -0.2) is 0 Å². The van der Waals surface area contributed by atoms with E-state index in [0.717, 1.165) is 6.42 Å². The van der Waals surface area contributed by atoms with Crippen molar-refractivity contribution in [2.24, 2.45) is 0 Å². The van der Waals surface area contributed by atoms with Crippen molar-refractivity contribution in [1.29, 1.82) is 0 Å². The fraction of sp³-hybridized carbons (Fsp3) is 0.250. The number of allylic oxidation sites excluding steroid dienone is 1. The molecule has 0 fully saturated rings. The average molecular weight is 210 g/mol. The molecule has 2 aromatic carbocycles. The Morgan fingerprint density at radius 2 is 1.75 bits per heavy atom. The highest BCUT2D eigenvalue weighted by molar-refractivity contribution is 5.85. The van der Waals surface area contributed by atoms with Crippen molar-refractivity contribution < 1.29 is 0 Å². The summed E-state index contributed by atoms with van der Waals surface area (Å²) in [5, 5.41) is 2.65. The Kier molecular flexibility index (Phi) is 3.09. The summed E-state index contributed by atoms with van der Waals surface area (Å²) >= 11 is 0. The van der Waals surface area contributed by atoms with Crippen LogP contribution in [0.5, 0.6) is 0 Å². The second-order valence-corrected chi connectivity index (χ2v) is 4.45. The van der Waals surface area contributed by atoms with E-state index in [9.17, 15) is 0 Å². The van der Waals surface area contributed by atoms with Crippen LogP contribution in [0.1, 0.15) is 31.4 Å². The zero-order chi connectivity index (χ0) is 11.5. The van der Waals surface area contributed by atoms with Crippen molar-refractivity contribution in [2.75, 3.05) is 0 Å². The molecule has 0 unspecified atom stereocenters. The molecule has 0 amide bonds. The summed E-state index contributed by atoms with van der Waals surface area (Å²) in [6.07, 6.45) is 3.38. The lowest BCUT2D eigenvalue weighted by Crippen LogP contribution is -1.79. The van der Waals surface area contributed by atoms with Gasteiger partial charge >= 0.3 is 0 Å². The van der Waals surface area contributed by atoms with Gasteiger partial charge < -0.3 is 0 Å². The van der Waals surface area contributed by atoms with Gasteiger partial charge in [0.05, 0.1) is 0 Å². The number of fused-ring (bicyclic) bond motifs is 1. The highest BCUT2D eigenvalue weighted by atomic mass is 14.0. The molecule has 0 saturated carbocycles. The van der Waals surface area contributed by atoms with Crippen LogP contribution in [0.3, 0.4) is 0 Å². The first-order chi connectivity index (χ1) is 7.69. The maximum Gasteiger partial charge on any atom is -0.0178 e. The van der Waals surface area contributed by atoms with Gasteiger partial charge in [-0.1, -0.05) is 54.5 Å². The molecule has 2 aromatic rings. The number of rotatable bonds is 2. The predicted octanol–water partition coefficient (Wildman–Crippen LogP) is 4.96. The minimum absolute atomic E-state index is 1.12. The number of hydrogen-bond donors (Lipinski definition) is 0. The average Bonchev–Trinajstić information content (AvgIpc) is 2.29. The maximum atomic E-state index is 2.26. The quantitative estimate of drug-likeness (QED) is 0.657. The molecular formula is C16H18. The van der Waals surface area contributed by atoms with Gasteiger partial charge in [-0.15, -0.1) is 0 Å². The van der Waals surface area contributed by atoms with E-state index in [4.69, 9.17) is 0 Å². The van der Waals surface area contributed by atoms with E-state index in [1.54, 1.807) is 0 Å². The maximum absolute atomic E-state index is 2.26. The highest BCUT2D eigenvalue weighted by Gasteiger charge is 1.95. The normalized spacial score (nSPS) is 12.1. The van der Waals surface area contributed by atoms with Gasteiger partial charge in [0, 0.05) is 0 Å². The SMILES string of the molecule is CC/C(C)=C/c1ccc2cc(C)ccc2c1. The Morgan fingerprint density at radius 3 is 2.50 bits per heavy atom. The molecule has 0 heteroatoms. The van der Waals surface area contributed by atoms with Crippen LogP contribution in [-0.2, 0) is 0 Å². The Hall–Kier alpha value is -1.56. The van der Waals surface area contributed by atoms with Gasteiger partial charge in [0.2, 0.25) is 0 Å². The Balaban J connectivity index is 2.48. The van der Waals surface area contributed by atoms with Gasteiger partial charge in [-0.2, -0.15) is 0 Å². The zero-order valence-corrected chi connectivity index (χ0v) is 10.2. The number of aryl methyl sites for hydroxylation is 1. The third-order valence-electron chi connectivity index (χ3n) is 2.99. The molecule has 0 saturated heterocycles. The molecular weight excluding hydrogens is 192 g/mol. The third-order valence-corrected chi connectivity index (χ3v) is 2.99. The molecule has 0 radical (unpaired) electrons. The predicted molar refractivity (Wildman–Crippen MR) is 72.6 cm³/mol. The second-order valence-electron chi connectivity index (χ2n) is 4.45. The van der Waals surface area contributed by atoms with Crippen molar-refractivity contribution in [3.8, 4) is 0 Å². The van der Waals surface area contributed by atoms with E-state index in [-0.39, 0.29) is 0 Å². The van der Waals surface area contributed by atoms with E-state index in [1.807, 2.05) is 0 Å². The van der Waals surface area contributed by atoms with Crippen molar-refractivity contribution in [2.45, 2.75) is 27.2 Å². The first-order valence-electron chi connectivity index (χ1n) is 5.86. The zero-order valence-electron chi connectivity index (χ0n) is 10.2. The first-order valence-corrected chi connectivity index (χ1v) is 5.86. The molecule has 0 N–H and O–H groups in total. The van der Waals surface area contributed by atoms with E-state index in [1.165, 1.54) is 27.5 Å². The van der Waals surface area contributed by atoms with Gasteiger partial charge in [-0.3, -0.25) is 0 Å². The second kappa shape index (κ2) is 4.52. The van der Waals surface area contributed by atoms with Crippen LogP contribution < -0.4 is 0 Å². The summed E-state index contributed by atoms with van der Waals surface area (Å²) in [5.41, 5.74) is 4.04. The standard InChI is InChI=1S/C16H18/c1-4-12(2)9-14-6-8-15-10-13(3)5-7-16(15)11-14/h5-11H,4H2,1-3H3/b12-9+. The molecule has 0 aromatic heterocycles. The van der Waals surface area contributed by atoms with E-state index < -0.39 is 0 Å². The third kappa shape index (κ3) is 2.33. The van der Waals surface area contributed by atoms with Gasteiger partial charge in [0.15, 0.2) is 0 Å². The summed E-state index contributed by atoms with van der Waals surface area (Å²) in [4.78, 5) is 0. The molecule has 0 bridgehead atoms. The van der Waals surface area contributed by atoms with Crippen molar-refractivity contribution in [3.63, 3.8) is 0 Å². The van der Waals surface area contributed by atoms with Crippen LogP contribution in [0, 0.1) is 6.92 Å². The molecule has 0 nitrogen and oxygen atoms in total. The monoisotopic (exact) mass is 210 g/mol. The Labute approximate surface area is 97.6 Å². The fourth-order valence-corrected chi connectivity index (χ4v) is 1.86. The molecule has 0 aliphatic heterocycles. The van der Waals surface area contributed by atoms with Crippen LogP contribution in [0.4, 0.5) is 0 Å². The first kappa shape index (κ1) is 10.9. The van der Waals surface area contributed by atoms with Crippen molar-refractivity contribution in [3.05, 3.63) is 53.1 Å². The minimum Gasteiger partial charge on any atom is -0.0730 e. The lowest BCUT2D eigenvalue weighted by atomic mass is 10.0. The van der Waals surface area contributed by atoms with Gasteiger partial charge in [0.25, 0.3) is 0 Å². The summed E-state index contributed by atoms with van der Waals surface area (Å²) < 4.78 is 0. The molecule has 0 aliphatic rings. The van der Waals surface area contributed by atoms with E-state index in [2.05, 4.69) is 63.2 Å². The topological polar surface area (TPSA) is 0 Å². The summed E-state index contributed by atoms with van der Waals surface area (Å²) in [6.45, 7) is 6.50. The molecule has 0 spiro atoms. The largest absolute Gasteiger partial charge is 0.0730 e. The molecule has 2 rings (SSSR count). The van der Waals surface area contributed by atoms with Crippen LogP contribution in [-0.4, -0.2) is 0 Å². The lowest BCUT2D eigenvalue weighted by molar-refractivity contribution is 1.11. The summed E-state index contributed by atoms with van der Waals surface area (Å²) in [6, 6.07) is 13.3. The number of hydrogen-bond acceptors (Lipinski definition) is 0. The number of benzene rings is 2. The molecule has 0 atom stereocenters. The van der Waals surface area contributed by atoms with E-state index in [0.29, 0.717) is 0 Å². The lowest BCUT2D eigenvalue weighted by Gasteiger charge is -2.02. The molecule has 16 heavy (non-hydrogen) atoms. The summed E-state index contributed by atoms with van der Waals surface area (Å²) in [5.74, 6) is 0. The Morgan fingerprint density at radius 1 is 1.06 bits per heavy atom. The van der Waals surface area contributed by atoms with Gasteiger partial charge in [0.1, 0.15) is 0 Å². The van der Waals surface area contributed by atoms with Crippen LogP contribution in [0.15, 0.2) is 42.0 Å². The fourth-order valence-electron chi connectivity index (χ4n) is 1.86. The van der Waals surface area contributed by atoms with Crippen LogP contribution >= 0.6 is 0 Å². The van der Waals surface area contributed by atoms with Crippen LogP contribution in [0.25, 0.3) is 16.8 Å². The van der Waals surface area contributed by atoms with Crippen molar-refractivity contribution >= 4 is 16.8 Å². The van der Waals surface area contributed by atoms with Crippen molar-refractivity contribution in [1.82, 2.24) is 0 Å². The molecule has 0 aliphatic carbocycles. The summed E-state index contributed by atoms with van der Waals surface area (Å²) in [7, 11) is 0.